The second-order valence-electron chi connectivity index (χ2n) is 7.47. The zero-order valence-corrected chi connectivity index (χ0v) is 17.2. The van der Waals surface area contributed by atoms with Gasteiger partial charge in [0.15, 0.2) is 0 Å². The second-order valence-corrected chi connectivity index (χ2v) is 8.95. The van der Waals surface area contributed by atoms with Crippen LogP contribution in [0.4, 0.5) is 0 Å². The predicted molar refractivity (Wildman–Crippen MR) is 110 cm³/mol. The molecule has 4 nitrogen and oxygen atoms in total. The van der Waals surface area contributed by atoms with E-state index in [0.717, 1.165) is 24.0 Å². The number of likely N-dealkylation sites (tertiary alicyclic amines) is 1. The van der Waals surface area contributed by atoms with Crippen LogP contribution in [-0.4, -0.2) is 39.6 Å². The smallest absolute Gasteiger partial charge is 0.259 e. The molecule has 0 N–H and O–H groups in total. The average Bonchev–Trinajstić information content (AvgIpc) is 2.52. The van der Waals surface area contributed by atoms with E-state index < -0.39 is 0 Å². The Balaban J connectivity index is 1.45. The van der Waals surface area contributed by atoms with E-state index in [4.69, 9.17) is 16.3 Å². The van der Waals surface area contributed by atoms with Crippen molar-refractivity contribution in [3.8, 4) is 5.75 Å². The summed E-state index contributed by atoms with van der Waals surface area (Å²) in [5, 5.41) is 1.85. The van der Waals surface area contributed by atoms with Crippen LogP contribution in [0, 0.1) is 5.41 Å². The van der Waals surface area contributed by atoms with Gasteiger partial charge in [-0.15, -0.1) is 0 Å². The molecule has 134 valence electrons. The third-order valence-corrected chi connectivity index (χ3v) is 6.57. The Hall–Kier alpha value is -0.790. The fourth-order valence-electron chi connectivity index (χ4n) is 4.26. The number of benzene rings is 1. The average molecular weight is 473 g/mol. The van der Waals surface area contributed by atoms with E-state index in [1.165, 1.54) is 30.5 Å². The lowest BCUT2D eigenvalue weighted by Gasteiger charge is -2.58. The lowest BCUT2D eigenvalue weighted by Crippen LogP contribution is -2.64. The summed E-state index contributed by atoms with van der Waals surface area (Å²) in [6.45, 7) is 3.65. The SMILES string of the molecule is Cn1ccc2c(OC3CC4(C3)CN(CCCI)C4)ccc(Cl)c2c1=O. The van der Waals surface area contributed by atoms with Crippen molar-refractivity contribution in [1.82, 2.24) is 9.47 Å². The highest BCUT2D eigenvalue weighted by Gasteiger charge is 2.53. The minimum atomic E-state index is -0.0806. The Morgan fingerprint density at radius 3 is 2.80 bits per heavy atom. The molecule has 0 amide bonds. The minimum Gasteiger partial charge on any atom is -0.490 e. The summed E-state index contributed by atoms with van der Waals surface area (Å²) in [7, 11) is 1.74. The molecule has 0 radical (unpaired) electrons. The first-order chi connectivity index (χ1) is 12.0. The molecule has 2 heterocycles. The van der Waals surface area contributed by atoms with Crippen LogP contribution < -0.4 is 10.3 Å². The minimum absolute atomic E-state index is 0.0806. The van der Waals surface area contributed by atoms with Gasteiger partial charge in [-0.2, -0.15) is 0 Å². The molecule has 4 rings (SSSR count). The van der Waals surface area contributed by atoms with Gasteiger partial charge in [0.1, 0.15) is 5.75 Å². The number of aromatic nitrogens is 1. The van der Waals surface area contributed by atoms with Crippen molar-refractivity contribution < 1.29 is 4.74 Å². The summed E-state index contributed by atoms with van der Waals surface area (Å²) < 4.78 is 9.02. The fraction of sp³-hybridized carbons (Fsp3) is 0.526. The van der Waals surface area contributed by atoms with Gasteiger partial charge in [-0.3, -0.25) is 4.79 Å². The lowest BCUT2D eigenvalue weighted by atomic mass is 9.61. The molecule has 25 heavy (non-hydrogen) atoms. The van der Waals surface area contributed by atoms with E-state index in [0.29, 0.717) is 15.8 Å². The molecule has 2 aromatic rings. The molecule has 1 spiro atoms. The first-order valence-electron chi connectivity index (χ1n) is 8.74. The van der Waals surface area contributed by atoms with Crippen molar-refractivity contribution in [3.63, 3.8) is 0 Å². The number of nitrogens with zero attached hydrogens (tertiary/aromatic N) is 2. The molecule has 1 aliphatic heterocycles. The van der Waals surface area contributed by atoms with Gasteiger partial charge in [-0.1, -0.05) is 34.2 Å². The number of aryl methyl sites for hydroxylation is 1. The van der Waals surface area contributed by atoms with Gasteiger partial charge in [0, 0.05) is 41.6 Å². The molecule has 1 saturated carbocycles. The maximum atomic E-state index is 12.4. The highest BCUT2D eigenvalue weighted by molar-refractivity contribution is 14.1. The highest BCUT2D eigenvalue weighted by atomic mass is 127. The molecule has 1 aromatic heterocycles. The third-order valence-electron chi connectivity index (χ3n) is 5.49. The number of hydrogen-bond acceptors (Lipinski definition) is 3. The number of hydrogen-bond donors (Lipinski definition) is 0. The zero-order chi connectivity index (χ0) is 17.6. The first-order valence-corrected chi connectivity index (χ1v) is 10.6. The van der Waals surface area contributed by atoms with Gasteiger partial charge in [0.25, 0.3) is 5.56 Å². The van der Waals surface area contributed by atoms with Crippen molar-refractivity contribution in [3.05, 3.63) is 39.8 Å². The topological polar surface area (TPSA) is 34.5 Å². The molecule has 0 bridgehead atoms. The lowest BCUT2D eigenvalue weighted by molar-refractivity contribution is -0.118. The molecule has 1 aliphatic carbocycles. The van der Waals surface area contributed by atoms with Crippen molar-refractivity contribution in [2.24, 2.45) is 12.5 Å². The van der Waals surface area contributed by atoms with E-state index in [9.17, 15) is 4.79 Å². The van der Waals surface area contributed by atoms with Crippen LogP contribution in [-0.2, 0) is 7.05 Å². The van der Waals surface area contributed by atoms with E-state index >= 15 is 0 Å². The molecule has 0 atom stereocenters. The van der Waals surface area contributed by atoms with Crippen LogP contribution in [0.3, 0.4) is 0 Å². The van der Waals surface area contributed by atoms with Gasteiger partial charge < -0.3 is 14.2 Å². The van der Waals surface area contributed by atoms with Crippen LogP contribution in [0.5, 0.6) is 5.75 Å². The van der Waals surface area contributed by atoms with Crippen molar-refractivity contribution in [2.75, 3.05) is 24.1 Å². The van der Waals surface area contributed by atoms with Crippen LogP contribution in [0.25, 0.3) is 10.8 Å². The fourth-order valence-corrected chi connectivity index (χ4v) is 4.85. The Bertz CT molecular complexity index is 852. The Morgan fingerprint density at radius 2 is 2.08 bits per heavy atom. The van der Waals surface area contributed by atoms with Crippen LogP contribution in [0.2, 0.25) is 5.02 Å². The molecule has 2 fully saturated rings. The Morgan fingerprint density at radius 1 is 1.32 bits per heavy atom. The van der Waals surface area contributed by atoms with Gasteiger partial charge in [0.05, 0.1) is 16.5 Å². The molecular formula is C19H22ClIN2O2. The first kappa shape index (κ1) is 17.6. The number of alkyl halides is 1. The van der Waals surface area contributed by atoms with Crippen molar-refractivity contribution in [2.45, 2.75) is 25.4 Å². The van der Waals surface area contributed by atoms with Crippen LogP contribution in [0.1, 0.15) is 19.3 Å². The van der Waals surface area contributed by atoms with Crippen LogP contribution >= 0.6 is 34.2 Å². The number of ether oxygens (including phenoxy) is 1. The molecule has 2 aliphatic rings. The van der Waals surface area contributed by atoms with Gasteiger partial charge in [0.2, 0.25) is 0 Å². The van der Waals surface area contributed by atoms with Gasteiger partial charge in [-0.05, 0) is 44.0 Å². The predicted octanol–water partition coefficient (Wildman–Crippen LogP) is 3.86. The summed E-state index contributed by atoms with van der Waals surface area (Å²) in [6, 6.07) is 5.58. The van der Waals surface area contributed by atoms with Crippen LogP contribution in [0.15, 0.2) is 29.2 Å². The normalized spacial score (nSPS) is 19.8. The standard InChI is InChI=1S/C19H22ClIN2O2/c1-22-8-5-14-16(4-3-15(20)17(14)18(22)24)25-13-9-19(10-13)11-23(12-19)7-2-6-21/h3-5,8,13H,2,6-7,9-12H2,1H3. The summed E-state index contributed by atoms with van der Waals surface area (Å²) >= 11 is 8.69. The summed E-state index contributed by atoms with van der Waals surface area (Å²) in [5.74, 6) is 0.776. The van der Waals surface area contributed by atoms with E-state index in [1.807, 2.05) is 12.1 Å². The van der Waals surface area contributed by atoms with Crippen molar-refractivity contribution in [1.29, 1.82) is 0 Å². The maximum Gasteiger partial charge on any atom is 0.259 e. The van der Waals surface area contributed by atoms with E-state index in [2.05, 4.69) is 27.5 Å². The summed E-state index contributed by atoms with van der Waals surface area (Å²) in [6.07, 6.45) is 5.53. The van der Waals surface area contributed by atoms with Crippen molar-refractivity contribution >= 4 is 45.0 Å². The molecule has 6 heteroatoms. The summed E-state index contributed by atoms with van der Waals surface area (Å²) in [4.78, 5) is 14.9. The molecule has 1 saturated heterocycles. The highest BCUT2D eigenvalue weighted by Crippen LogP contribution is 2.50. The second kappa shape index (κ2) is 6.74. The Labute approximate surface area is 166 Å². The molecule has 0 unspecified atom stereocenters. The third kappa shape index (κ3) is 3.19. The van der Waals surface area contributed by atoms with Gasteiger partial charge in [-0.25, -0.2) is 0 Å². The number of halogens is 2. The maximum absolute atomic E-state index is 12.4. The monoisotopic (exact) mass is 472 g/mol. The van der Waals surface area contributed by atoms with E-state index in [1.54, 1.807) is 23.9 Å². The number of fused-ring (bicyclic) bond motifs is 1. The largest absolute Gasteiger partial charge is 0.490 e. The number of pyridine rings is 1. The molecular weight excluding hydrogens is 451 g/mol. The zero-order valence-electron chi connectivity index (χ0n) is 14.3. The molecule has 1 aromatic carbocycles. The quantitative estimate of drug-likeness (QED) is 0.490. The summed E-state index contributed by atoms with van der Waals surface area (Å²) in [5.41, 5.74) is 0.400. The van der Waals surface area contributed by atoms with Gasteiger partial charge >= 0.3 is 0 Å². The Kier molecular flexibility index (Phi) is 4.75. The number of rotatable bonds is 5. The van der Waals surface area contributed by atoms with E-state index in [-0.39, 0.29) is 11.7 Å².